The van der Waals surface area contributed by atoms with Crippen molar-refractivity contribution in [1.82, 2.24) is 0 Å². The van der Waals surface area contributed by atoms with Crippen molar-refractivity contribution in [2.75, 3.05) is 0 Å². The molecule has 2 N–H and O–H groups in total. The lowest BCUT2D eigenvalue weighted by Crippen LogP contribution is -1.97. The van der Waals surface area contributed by atoms with Gasteiger partial charge >= 0.3 is 5.69 Å². The van der Waals surface area contributed by atoms with Crippen molar-refractivity contribution in [3.8, 4) is 11.5 Å². The summed E-state index contributed by atoms with van der Waals surface area (Å²) in [6.45, 7) is 4.16. The number of hydrogen-bond acceptors (Lipinski definition) is 5. The van der Waals surface area contributed by atoms with Crippen molar-refractivity contribution >= 4 is 17.6 Å². The van der Waals surface area contributed by atoms with E-state index in [-0.39, 0.29) is 17.0 Å². The summed E-state index contributed by atoms with van der Waals surface area (Å²) in [7, 11) is 0. The van der Waals surface area contributed by atoms with Crippen LogP contribution in [-0.2, 0) is 6.42 Å². The molecule has 0 spiro atoms. The zero-order valence-electron chi connectivity index (χ0n) is 16.9. The number of aromatic hydroxyl groups is 2. The van der Waals surface area contributed by atoms with Gasteiger partial charge in [0, 0.05) is 17.8 Å². The number of aliphatic imine (C=N–C) groups is 1. The van der Waals surface area contributed by atoms with Gasteiger partial charge in [0.2, 0.25) is 5.75 Å². The molecule has 6 heteroatoms. The molecule has 0 unspecified atom stereocenters. The van der Waals surface area contributed by atoms with E-state index in [0.717, 1.165) is 17.5 Å². The Kier molecular flexibility index (Phi) is 6.47. The molecule has 3 aromatic rings. The van der Waals surface area contributed by atoms with Crippen LogP contribution in [0.25, 0.3) is 0 Å². The third kappa shape index (κ3) is 4.84. The predicted octanol–water partition coefficient (Wildman–Crippen LogP) is 5.86. The maximum Gasteiger partial charge on any atom is 0.311 e. The molecule has 0 aromatic heterocycles. The van der Waals surface area contributed by atoms with Crippen molar-refractivity contribution < 1.29 is 15.1 Å². The minimum atomic E-state index is -0.609. The van der Waals surface area contributed by atoms with Gasteiger partial charge in [-0.15, -0.1) is 0 Å². The Hall–Kier alpha value is -3.67. The quantitative estimate of drug-likeness (QED) is 0.293. The average molecular weight is 404 g/mol. The third-order valence-electron chi connectivity index (χ3n) is 5.15. The zero-order chi connectivity index (χ0) is 21.7. The van der Waals surface area contributed by atoms with Gasteiger partial charge in [0.15, 0.2) is 0 Å². The lowest BCUT2D eigenvalue weighted by molar-refractivity contribution is -0.385. The molecule has 0 aliphatic heterocycles. The largest absolute Gasteiger partial charge is 0.506 e. The molecule has 30 heavy (non-hydrogen) atoms. The van der Waals surface area contributed by atoms with Crippen LogP contribution >= 0.6 is 0 Å². The van der Waals surface area contributed by atoms with Crippen molar-refractivity contribution in [1.29, 1.82) is 0 Å². The Morgan fingerprint density at radius 1 is 1.07 bits per heavy atom. The summed E-state index contributed by atoms with van der Waals surface area (Å²) in [4.78, 5) is 15.1. The summed E-state index contributed by atoms with van der Waals surface area (Å²) < 4.78 is 0. The van der Waals surface area contributed by atoms with E-state index >= 15 is 0 Å². The Morgan fingerprint density at radius 2 is 1.80 bits per heavy atom. The predicted molar refractivity (Wildman–Crippen MR) is 118 cm³/mol. The highest BCUT2D eigenvalue weighted by Gasteiger charge is 2.18. The van der Waals surface area contributed by atoms with Crippen molar-refractivity contribution in [3.05, 3.63) is 93.0 Å². The number of hydrogen-bond donors (Lipinski definition) is 2. The highest BCUT2D eigenvalue weighted by molar-refractivity contribution is 5.88. The number of phenolic OH excluding ortho intramolecular Hbond substituents is 2. The van der Waals surface area contributed by atoms with Crippen molar-refractivity contribution in [2.24, 2.45) is 4.99 Å². The van der Waals surface area contributed by atoms with Gasteiger partial charge in [0.05, 0.1) is 4.92 Å². The second kappa shape index (κ2) is 9.22. The first-order chi connectivity index (χ1) is 14.4. The maximum absolute atomic E-state index is 11.4. The molecule has 0 fully saturated rings. The molecule has 0 radical (unpaired) electrons. The van der Waals surface area contributed by atoms with E-state index in [2.05, 4.69) is 18.8 Å². The number of rotatable bonds is 7. The van der Waals surface area contributed by atoms with E-state index in [0.29, 0.717) is 23.6 Å². The van der Waals surface area contributed by atoms with Crippen LogP contribution in [0.1, 0.15) is 48.4 Å². The molecule has 1 atom stereocenters. The molecule has 0 amide bonds. The second-order valence-electron chi connectivity index (χ2n) is 7.29. The minimum absolute atomic E-state index is 0.00716. The van der Waals surface area contributed by atoms with Gasteiger partial charge in [-0.1, -0.05) is 50.2 Å². The van der Waals surface area contributed by atoms with E-state index in [1.54, 1.807) is 18.2 Å². The van der Waals surface area contributed by atoms with Crippen molar-refractivity contribution in [2.45, 2.75) is 32.6 Å². The Balaban J connectivity index is 2.00. The number of benzene rings is 3. The highest BCUT2D eigenvalue weighted by atomic mass is 16.6. The highest BCUT2D eigenvalue weighted by Crippen LogP contribution is 2.34. The molecule has 0 heterocycles. The van der Waals surface area contributed by atoms with Crippen LogP contribution in [-0.4, -0.2) is 21.4 Å². The Morgan fingerprint density at radius 3 is 2.47 bits per heavy atom. The number of nitro groups is 1. The SMILES string of the molecule is CC[C@H](C)c1ccc(O)c(N=Cc2cc(Cc3ccccc3)cc([N+](=O)[O-])c2O)c1. The van der Waals surface area contributed by atoms with Gasteiger partial charge in [-0.3, -0.25) is 15.1 Å². The first-order valence-corrected chi connectivity index (χ1v) is 9.80. The second-order valence-corrected chi connectivity index (χ2v) is 7.29. The Labute approximate surface area is 175 Å². The lowest BCUT2D eigenvalue weighted by Gasteiger charge is -2.10. The van der Waals surface area contributed by atoms with E-state index in [4.69, 9.17) is 0 Å². The third-order valence-corrected chi connectivity index (χ3v) is 5.15. The van der Waals surface area contributed by atoms with Gasteiger partial charge in [0.25, 0.3) is 0 Å². The van der Waals surface area contributed by atoms with Crippen LogP contribution in [0.2, 0.25) is 0 Å². The van der Waals surface area contributed by atoms with Gasteiger partial charge in [0.1, 0.15) is 11.4 Å². The molecular formula is C24H24N2O4. The summed E-state index contributed by atoms with van der Waals surface area (Å²) in [5.41, 5.74) is 2.92. The molecule has 0 aliphatic rings. The molecule has 3 rings (SSSR count). The summed E-state index contributed by atoms with van der Waals surface area (Å²) in [6.07, 6.45) is 2.78. The monoisotopic (exact) mass is 404 g/mol. The molecule has 6 nitrogen and oxygen atoms in total. The minimum Gasteiger partial charge on any atom is -0.506 e. The van der Waals surface area contributed by atoms with E-state index < -0.39 is 10.7 Å². The molecule has 0 aliphatic carbocycles. The molecular weight excluding hydrogens is 380 g/mol. The molecule has 3 aromatic carbocycles. The van der Waals surface area contributed by atoms with Gasteiger partial charge in [-0.2, -0.15) is 0 Å². The molecule has 154 valence electrons. The fourth-order valence-electron chi connectivity index (χ4n) is 3.20. The zero-order valence-corrected chi connectivity index (χ0v) is 16.9. The average Bonchev–Trinajstić information content (AvgIpc) is 2.74. The smallest absolute Gasteiger partial charge is 0.311 e. The summed E-state index contributed by atoms with van der Waals surface area (Å²) >= 11 is 0. The van der Waals surface area contributed by atoms with Crippen LogP contribution in [0.3, 0.4) is 0 Å². The number of nitro benzene ring substituents is 1. The van der Waals surface area contributed by atoms with Crippen LogP contribution in [0.5, 0.6) is 11.5 Å². The van der Waals surface area contributed by atoms with E-state index in [9.17, 15) is 20.3 Å². The molecule has 0 saturated heterocycles. The van der Waals surface area contributed by atoms with Crippen molar-refractivity contribution in [3.63, 3.8) is 0 Å². The number of nitrogens with zero attached hydrogens (tertiary/aromatic N) is 2. The van der Waals surface area contributed by atoms with Crippen LogP contribution in [0, 0.1) is 10.1 Å². The Bertz CT molecular complexity index is 1080. The lowest BCUT2D eigenvalue weighted by atomic mass is 9.98. The number of phenols is 2. The first kappa shape index (κ1) is 21.0. The topological polar surface area (TPSA) is 96.0 Å². The summed E-state index contributed by atoms with van der Waals surface area (Å²) in [5.74, 6) is -0.130. The molecule has 0 saturated carbocycles. The van der Waals surface area contributed by atoms with Gasteiger partial charge in [-0.05, 0) is 53.6 Å². The van der Waals surface area contributed by atoms with Gasteiger partial charge in [-0.25, -0.2) is 0 Å². The van der Waals surface area contributed by atoms with E-state index in [1.807, 2.05) is 36.4 Å². The normalized spacial score (nSPS) is 12.2. The first-order valence-electron chi connectivity index (χ1n) is 9.80. The van der Waals surface area contributed by atoms with Crippen LogP contribution in [0.4, 0.5) is 11.4 Å². The summed E-state index contributed by atoms with van der Waals surface area (Å²) in [6, 6.07) is 17.9. The van der Waals surface area contributed by atoms with Gasteiger partial charge < -0.3 is 10.2 Å². The fourth-order valence-corrected chi connectivity index (χ4v) is 3.20. The standard InChI is InChI=1S/C24H24N2O4/c1-3-16(2)19-9-10-23(27)21(14-19)25-15-20-12-18(11-17-7-5-4-6-8-17)13-22(24(20)28)26(29)30/h4-10,12-16,27-28H,3,11H2,1-2H3/t16-/m0/s1. The summed E-state index contributed by atoms with van der Waals surface area (Å²) in [5, 5.41) is 31.9. The van der Waals surface area contributed by atoms with Crippen LogP contribution in [0.15, 0.2) is 65.7 Å². The maximum atomic E-state index is 11.4. The fraction of sp³-hybridized carbons (Fsp3) is 0.208. The molecule has 0 bridgehead atoms. The van der Waals surface area contributed by atoms with Crippen LogP contribution < -0.4 is 0 Å². The van der Waals surface area contributed by atoms with E-state index in [1.165, 1.54) is 12.3 Å².